The molecule has 3 rings (SSSR count). The Morgan fingerprint density at radius 3 is 2.82 bits per heavy atom. The van der Waals surface area contributed by atoms with Gasteiger partial charge in [0.25, 0.3) is 5.91 Å². The van der Waals surface area contributed by atoms with Crippen LogP contribution in [0.3, 0.4) is 0 Å². The first-order valence-corrected chi connectivity index (χ1v) is 9.60. The molecule has 1 aliphatic rings. The second-order valence-corrected chi connectivity index (χ2v) is 7.01. The Labute approximate surface area is 168 Å². The highest BCUT2D eigenvalue weighted by molar-refractivity contribution is 6.30. The zero-order chi connectivity index (χ0) is 20.1. The van der Waals surface area contributed by atoms with Crippen molar-refractivity contribution < 1.29 is 14.6 Å². The second kappa shape index (κ2) is 9.18. The normalized spacial score (nSPS) is 15.3. The van der Waals surface area contributed by atoms with Crippen LogP contribution in [0.25, 0.3) is 11.4 Å². The fraction of sp³-hybridized carbons (Fsp3) is 0.421. The van der Waals surface area contributed by atoms with Gasteiger partial charge in [-0.05, 0) is 24.6 Å². The number of hydrogen-bond donors (Lipinski definition) is 3. The van der Waals surface area contributed by atoms with E-state index in [0.29, 0.717) is 49.3 Å². The minimum Gasteiger partial charge on any atom is -0.507 e. The van der Waals surface area contributed by atoms with Crippen molar-refractivity contribution in [2.75, 3.05) is 38.2 Å². The number of phenols is 1. The Morgan fingerprint density at radius 1 is 1.36 bits per heavy atom. The van der Waals surface area contributed by atoms with Crippen LogP contribution in [0.5, 0.6) is 5.75 Å². The van der Waals surface area contributed by atoms with Crippen molar-refractivity contribution in [2.24, 2.45) is 5.73 Å². The minimum atomic E-state index is -0.212. The van der Waals surface area contributed by atoms with Gasteiger partial charge in [-0.3, -0.25) is 4.79 Å². The lowest BCUT2D eigenvalue weighted by Crippen LogP contribution is -2.41. The van der Waals surface area contributed by atoms with Crippen LogP contribution in [0.1, 0.15) is 23.8 Å². The van der Waals surface area contributed by atoms with E-state index >= 15 is 0 Å². The van der Waals surface area contributed by atoms with Gasteiger partial charge in [0.15, 0.2) is 5.82 Å². The van der Waals surface area contributed by atoms with E-state index in [1.165, 1.54) is 6.07 Å². The number of rotatable bonds is 6. The number of phenolic OH excluding ortho intramolecular Hbond substituents is 1. The zero-order valence-corrected chi connectivity index (χ0v) is 16.4. The molecule has 0 radical (unpaired) electrons. The average molecular weight is 406 g/mol. The summed E-state index contributed by atoms with van der Waals surface area (Å²) >= 11 is 6.06. The molecule has 1 unspecified atom stereocenters. The number of nitrogens with two attached hydrogens (primary N) is 1. The first-order chi connectivity index (χ1) is 13.5. The van der Waals surface area contributed by atoms with Gasteiger partial charge >= 0.3 is 0 Å². The molecule has 2 heterocycles. The van der Waals surface area contributed by atoms with Gasteiger partial charge in [0.05, 0.1) is 18.8 Å². The van der Waals surface area contributed by atoms with Gasteiger partial charge in [0.1, 0.15) is 17.3 Å². The molecular formula is C19H24ClN5O3. The van der Waals surface area contributed by atoms with E-state index in [0.717, 1.165) is 6.42 Å². The van der Waals surface area contributed by atoms with E-state index < -0.39 is 0 Å². The number of ether oxygens (including phenoxy) is 1. The highest BCUT2D eigenvalue weighted by Crippen LogP contribution is 2.30. The summed E-state index contributed by atoms with van der Waals surface area (Å²) in [6.07, 6.45) is 0.805. The molecule has 4 N–H and O–H groups in total. The number of hydrogen-bond acceptors (Lipinski definition) is 7. The summed E-state index contributed by atoms with van der Waals surface area (Å²) in [6.45, 7) is 4.49. The lowest BCUT2D eigenvalue weighted by molar-refractivity contribution is 0.0299. The van der Waals surface area contributed by atoms with E-state index in [2.05, 4.69) is 15.3 Å². The van der Waals surface area contributed by atoms with Crippen molar-refractivity contribution in [3.8, 4) is 17.1 Å². The number of aromatic nitrogens is 2. The molecule has 0 saturated carbocycles. The SMILES string of the molecule is CCC(N)CNc1cc(C(=O)N2CCOCC2)nc(-c2cc(Cl)ccc2O)n1. The maximum Gasteiger partial charge on any atom is 0.272 e. The number of nitrogens with one attached hydrogen (secondary N) is 1. The van der Waals surface area contributed by atoms with E-state index in [-0.39, 0.29) is 29.2 Å². The molecule has 1 saturated heterocycles. The molecule has 0 bridgehead atoms. The third-order valence-corrected chi connectivity index (χ3v) is 4.75. The fourth-order valence-electron chi connectivity index (χ4n) is 2.76. The lowest BCUT2D eigenvalue weighted by Gasteiger charge is -2.26. The van der Waals surface area contributed by atoms with Crippen molar-refractivity contribution in [1.29, 1.82) is 0 Å². The topological polar surface area (TPSA) is 114 Å². The Kier molecular flexibility index (Phi) is 6.66. The summed E-state index contributed by atoms with van der Waals surface area (Å²) in [6, 6.07) is 6.17. The summed E-state index contributed by atoms with van der Waals surface area (Å²) in [5.74, 6) is 0.449. The predicted octanol–water partition coefficient (Wildman–Crippen LogP) is 2.12. The summed E-state index contributed by atoms with van der Waals surface area (Å²) < 4.78 is 5.31. The summed E-state index contributed by atoms with van der Waals surface area (Å²) in [5.41, 5.74) is 6.57. The Hall–Kier alpha value is -2.42. The number of benzene rings is 1. The van der Waals surface area contributed by atoms with E-state index in [1.54, 1.807) is 23.1 Å². The number of carbonyl (C=O) groups is 1. The van der Waals surface area contributed by atoms with Crippen molar-refractivity contribution in [1.82, 2.24) is 14.9 Å². The number of nitrogens with zero attached hydrogens (tertiary/aromatic N) is 3. The Bertz CT molecular complexity index is 842. The summed E-state index contributed by atoms with van der Waals surface area (Å²) in [4.78, 5) is 23.5. The first-order valence-electron chi connectivity index (χ1n) is 9.22. The van der Waals surface area contributed by atoms with Crippen LogP contribution in [0.4, 0.5) is 5.82 Å². The fourth-order valence-corrected chi connectivity index (χ4v) is 2.94. The van der Waals surface area contributed by atoms with Crippen LogP contribution in [0.15, 0.2) is 24.3 Å². The van der Waals surface area contributed by atoms with Crippen molar-refractivity contribution in [2.45, 2.75) is 19.4 Å². The van der Waals surface area contributed by atoms with Gasteiger partial charge in [-0.2, -0.15) is 0 Å². The van der Waals surface area contributed by atoms with Gasteiger partial charge in [0, 0.05) is 36.8 Å². The molecule has 8 nitrogen and oxygen atoms in total. The summed E-state index contributed by atoms with van der Waals surface area (Å²) in [5, 5.41) is 13.8. The minimum absolute atomic E-state index is 0.0171. The maximum absolute atomic E-state index is 12.9. The molecule has 1 atom stereocenters. The van der Waals surface area contributed by atoms with Crippen molar-refractivity contribution in [3.05, 3.63) is 35.0 Å². The molecule has 1 amide bonds. The van der Waals surface area contributed by atoms with Gasteiger partial charge in [-0.1, -0.05) is 18.5 Å². The average Bonchev–Trinajstić information content (AvgIpc) is 2.73. The van der Waals surface area contributed by atoms with Crippen molar-refractivity contribution >= 4 is 23.3 Å². The third-order valence-electron chi connectivity index (χ3n) is 4.51. The monoisotopic (exact) mass is 405 g/mol. The van der Waals surface area contributed by atoms with Gasteiger partial charge in [0.2, 0.25) is 0 Å². The molecule has 150 valence electrons. The maximum atomic E-state index is 12.9. The number of amides is 1. The largest absolute Gasteiger partial charge is 0.507 e. The zero-order valence-electron chi connectivity index (χ0n) is 15.7. The molecule has 1 aromatic carbocycles. The highest BCUT2D eigenvalue weighted by atomic mass is 35.5. The van der Waals surface area contributed by atoms with E-state index in [9.17, 15) is 9.90 Å². The third kappa shape index (κ3) is 4.89. The molecule has 2 aromatic rings. The number of aromatic hydroxyl groups is 1. The molecule has 1 aliphatic heterocycles. The van der Waals surface area contributed by atoms with Gasteiger partial charge < -0.3 is 25.8 Å². The molecule has 0 aliphatic carbocycles. The first kappa shape index (κ1) is 20.3. The molecule has 1 fully saturated rings. The number of halogens is 1. The highest BCUT2D eigenvalue weighted by Gasteiger charge is 2.22. The van der Waals surface area contributed by atoms with Crippen LogP contribution in [0, 0.1) is 0 Å². The van der Waals surface area contributed by atoms with Crippen LogP contribution in [-0.4, -0.2) is 64.8 Å². The Morgan fingerprint density at radius 2 is 2.11 bits per heavy atom. The summed E-state index contributed by atoms with van der Waals surface area (Å²) in [7, 11) is 0. The number of morpholine rings is 1. The Balaban J connectivity index is 1.98. The van der Waals surface area contributed by atoms with Crippen LogP contribution >= 0.6 is 11.6 Å². The second-order valence-electron chi connectivity index (χ2n) is 6.58. The van der Waals surface area contributed by atoms with Crippen molar-refractivity contribution in [3.63, 3.8) is 0 Å². The van der Waals surface area contributed by atoms with Crippen LogP contribution < -0.4 is 11.1 Å². The van der Waals surface area contributed by atoms with Crippen LogP contribution in [0.2, 0.25) is 5.02 Å². The van der Waals surface area contributed by atoms with Gasteiger partial charge in [-0.15, -0.1) is 0 Å². The molecule has 0 spiro atoms. The quantitative estimate of drug-likeness (QED) is 0.674. The lowest BCUT2D eigenvalue weighted by atomic mass is 10.1. The predicted molar refractivity (Wildman–Crippen MR) is 108 cm³/mol. The number of anilines is 1. The van der Waals surface area contributed by atoms with E-state index in [1.807, 2.05) is 6.92 Å². The molecule has 28 heavy (non-hydrogen) atoms. The smallest absolute Gasteiger partial charge is 0.272 e. The molecule has 9 heteroatoms. The number of carbonyl (C=O) groups excluding carboxylic acids is 1. The van der Waals surface area contributed by atoms with E-state index in [4.69, 9.17) is 22.1 Å². The standard InChI is InChI=1S/C19H24ClN5O3/c1-2-13(21)11-22-17-10-15(19(27)25-5-7-28-8-6-25)23-18(24-17)14-9-12(20)3-4-16(14)26/h3-4,9-10,13,26H,2,5-8,11,21H2,1H3,(H,22,23,24). The van der Waals surface area contributed by atoms with Gasteiger partial charge in [-0.25, -0.2) is 9.97 Å². The molecule has 1 aromatic heterocycles. The molecular weight excluding hydrogens is 382 g/mol. The van der Waals surface area contributed by atoms with Crippen LogP contribution in [-0.2, 0) is 4.74 Å².